The molecule has 0 aliphatic heterocycles. The van der Waals surface area contributed by atoms with E-state index in [0.29, 0.717) is 22.0 Å². The zero-order chi connectivity index (χ0) is 14.8. The third-order valence-corrected chi connectivity index (χ3v) is 3.22. The van der Waals surface area contributed by atoms with Crippen molar-refractivity contribution in [3.8, 4) is 23.0 Å². The summed E-state index contributed by atoms with van der Waals surface area (Å²) in [4.78, 5) is 0. The summed E-state index contributed by atoms with van der Waals surface area (Å²) in [7, 11) is 0. The van der Waals surface area contributed by atoms with Gasteiger partial charge in [0.25, 0.3) is 0 Å². The van der Waals surface area contributed by atoms with Crippen molar-refractivity contribution in [1.29, 1.82) is 5.26 Å². The Morgan fingerprint density at radius 1 is 1.05 bits per heavy atom. The summed E-state index contributed by atoms with van der Waals surface area (Å²) >= 11 is 5.87. The highest BCUT2D eigenvalue weighted by atomic mass is 35.5. The van der Waals surface area contributed by atoms with E-state index >= 15 is 0 Å². The van der Waals surface area contributed by atoms with Crippen LogP contribution in [0.3, 0.4) is 0 Å². The molecule has 0 aliphatic rings. The second-order valence-corrected chi connectivity index (χ2v) is 4.73. The van der Waals surface area contributed by atoms with Crippen molar-refractivity contribution in [2.45, 2.75) is 0 Å². The third kappa shape index (κ3) is 2.49. The summed E-state index contributed by atoms with van der Waals surface area (Å²) in [6.07, 6.45) is 0. The fraction of sp³-hybridized carbons (Fsp3) is 0. The van der Waals surface area contributed by atoms with Gasteiger partial charge < -0.3 is 0 Å². The predicted octanol–water partition coefficient (Wildman–Crippen LogP) is 3.60. The van der Waals surface area contributed by atoms with Crippen LogP contribution in [0.2, 0.25) is 5.02 Å². The van der Waals surface area contributed by atoms with E-state index in [1.54, 1.807) is 36.4 Å². The first-order valence-corrected chi connectivity index (χ1v) is 6.44. The molecule has 21 heavy (non-hydrogen) atoms. The average Bonchev–Trinajstić information content (AvgIpc) is 2.93. The van der Waals surface area contributed by atoms with Gasteiger partial charge in [0.2, 0.25) is 0 Å². The fourth-order valence-electron chi connectivity index (χ4n) is 1.99. The maximum Gasteiger partial charge on any atom is 0.191 e. The van der Waals surface area contributed by atoms with Crippen LogP contribution in [0.15, 0.2) is 48.5 Å². The lowest BCUT2D eigenvalue weighted by atomic mass is 10.1. The molecule has 0 fully saturated rings. The van der Waals surface area contributed by atoms with Crippen LogP contribution in [0.5, 0.6) is 0 Å². The largest absolute Gasteiger partial charge is 0.211 e. The number of hydrogen-bond donors (Lipinski definition) is 0. The number of hydrogen-bond acceptors (Lipinski definition) is 3. The van der Waals surface area contributed by atoms with E-state index in [4.69, 9.17) is 11.6 Å². The Morgan fingerprint density at radius 2 is 1.71 bits per heavy atom. The summed E-state index contributed by atoms with van der Waals surface area (Å²) in [5.74, 6) is -0.345. The minimum absolute atomic E-state index is 0.177. The molecular formula is C15H8ClFN4. The van der Waals surface area contributed by atoms with Gasteiger partial charge in [-0.25, -0.2) is 9.07 Å². The van der Waals surface area contributed by atoms with Gasteiger partial charge in [-0.05, 0) is 48.5 Å². The third-order valence-electron chi connectivity index (χ3n) is 2.97. The molecule has 0 radical (unpaired) electrons. The number of aromatic nitrogens is 3. The summed E-state index contributed by atoms with van der Waals surface area (Å²) in [6.45, 7) is 0. The summed E-state index contributed by atoms with van der Waals surface area (Å²) in [6, 6.07) is 14.8. The van der Waals surface area contributed by atoms with Crippen molar-refractivity contribution in [2.75, 3.05) is 0 Å². The highest BCUT2D eigenvalue weighted by Crippen LogP contribution is 2.25. The molecule has 0 N–H and O–H groups in total. The number of nitrogens with zero attached hydrogens (tertiary/aromatic N) is 4. The smallest absolute Gasteiger partial charge is 0.191 e. The van der Waals surface area contributed by atoms with Gasteiger partial charge in [-0.15, -0.1) is 5.10 Å². The lowest BCUT2D eigenvalue weighted by Gasteiger charge is -2.06. The molecular weight excluding hydrogens is 291 g/mol. The van der Waals surface area contributed by atoms with E-state index in [1.165, 1.54) is 16.8 Å². The van der Waals surface area contributed by atoms with Crippen molar-refractivity contribution in [2.24, 2.45) is 0 Å². The molecule has 0 aliphatic carbocycles. The first-order chi connectivity index (χ1) is 10.2. The summed E-state index contributed by atoms with van der Waals surface area (Å²) in [5, 5.41) is 17.6. The van der Waals surface area contributed by atoms with E-state index in [9.17, 15) is 9.65 Å². The Bertz CT molecular complexity index is 816. The molecule has 2 aromatic carbocycles. The molecule has 0 saturated carbocycles. The van der Waals surface area contributed by atoms with Crippen LogP contribution in [0.25, 0.3) is 16.9 Å². The van der Waals surface area contributed by atoms with E-state index in [2.05, 4.69) is 10.3 Å². The van der Waals surface area contributed by atoms with Crippen molar-refractivity contribution < 1.29 is 4.39 Å². The standard InChI is InChI=1S/C15H8ClFN4/c16-11-3-7-13(8-4-11)21-15(14(9-18)19-20-21)10-1-5-12(17)6-2-10/h1-8H. The first-order valence-electron chi connectivity index (χ1n) is 6.07. The van der Waals surface area contributed by atoms with Crippen LogP contribution in [-0.2, 0) is 0 Å². The molecule has 102 valence electrons. The van der Waals surface area contributed by atoms with Crippen LogP contribution in [0.4, 0.5) is 4.39 Å². The summed E-state index contributed by atoms with van der Waals surface area (Å²) < 4.78 is 14.6. The lowest BCUT2D eigenvalue weighted by Crippen LogP contribution is -1.99. The average molecular weight is 299 g/mol. The number of rotatable bonds is 2. The molecule has 0 atom stereocenters. The molecule has 1 heterocycles. The van der Waals surface area contributed by atoms with Gasteiger partial charge in [0.05, 0.1) is 5.69 Å². The minimum Gasteiger partial charge on any atom is -0.211 e. The monoisotopic (exact) mass is 298 g/mol. The molecule has 0 bridgehead atoms. The fourth-order valence-corrected chi connectivity index (χ4v) is 2.11. The molecule has 3 rings (SSSR count). The van der Waals surface area contributed by atoms with Gasteiger partial charge in [-0.2, -0.15) is 5.26 Å². The van der Waals surface area contributed by atoms with E-state index < -0.39 is 0 Å². The minimum atomic E-state index is -0.345. The summed E-state index contributed by atoms with van der Waals surface area (Å²) in [5.41, 5.74) is 2.07. The highest BCUT2D eigenvalue weighted by Gasteiger charge is 2.16. The number of benzene rings is 2. The molecule has 6 heteroatoms. The molecule has 0 spiro atoms. The van der Waals surface area contributed by atoms with Crippen LogP contribution < -0.4 is 0 Å². The SMILES string of the molecule is N#Cc1nnn(-c2ccc(Cl)cc2)c1-c1ccc(F)cc1. The van der Waals surface area contributed by atoms with Crippen LogP contribution in [-0.4, -0.2) is 15.0 Å². The maximum absolute atomic E-state index is 13.1. The zero-order valence-corrected chi connectivity index (χ0v) is 11.4. The zero-order valence-electron chi connectivity index (χ0n) is 10.7. The Labute approximate surface area is 125 Å². The number of halogens is 2. The molecule has 0 amide bonds. The van der Waals surface area contributed by atoms with E-state index in [1.807, 2.05) is 6.07 Å². The van der Waals surface area contributed by atoms with Gasteiger partial charge >= 0.3 is 0 Å². The topological polar surface area (TPSA) is 54.5 Å². The van der Waals surface area contributed by atoms with Gasteiger partial charge in [-0.1, -0.05) is 16.8 Å². The quantitative estimate of drug-likeness (QED) is 0.726. The normalized spacial score (nSPS) is 10.3. The van der Waals surface area contributed by atoms with Gasteiger partial charge in [0, 0.05) is 10.6 Å². The van der Waals surface area contributed by atoms with Crippen LogP contribution in [0.1, 0.15) is 5.69 Å². The highest BCUT2D eigenvalue weighted by molar-refractivity contribution is 6.30. The van der Waals surface area contributed by atoms with Crippen molar-refractivity contribution >= 4 is 11.6 Å². The van der Waals surface area contributed by atoms with Gasteiger partial charge in [-0.3, -0.25) is 0 Å². The Hall–Kier alpha value is -2.71. The van der Waals surface area contributed by atoms with Crippen molar-refractivity contribution in [3.05, 3.63) is 65.1 Å². The van der Waals surface area contributed by atoms with Crippen molar-refractivity contribution in [3.63, 3.8) is 0 Å². The Balaban J connectivity index is 2.19. The second kappa shape index (κ2) is 5.35. The van der Waals surface area contributed by atoms with Gasteiger partial charge in [0.15, 0.2) is 5.69 Å². The van der Waals surface area contributed by atoms with Crippen molar-refractivity contribution in [1.82, 2.24) is 15.0 Å². The van der Waals surface area contributed by atoms with E-state index in [-0.39, 0.29) is 11.5 Å². The van der Waals surface area contributed by atoms with Crippen LogP contribution >= 0.6 is 11.6 Å². The van der Waals surface area contributed by atoms with E-state index in [0.717, 1.165) is 0 Å². The van der Waals surface area contributed by atoms with Gasteiger partial charge in [0.1, 0.15) is 17.6 Å². The Morgan fingerprint density at radius 3 is 2.33 bits per heavy atom. The molecule has 3 aromatic rings. The second-order valence-electron chi connectivity index (χ2n) is 4.29. The Kier molecular flexibility index (Phi) is 3.38. The van der Waals surface area contributed by atoms with Crippen LogP contribution in [0, 0.1) is 17.1 Å². The number of nitriles is 1. The lowest BCUT2D eigenvalue weighted by molar-refractivity contribution is 0.628. The predicted molar refractivity (Wildman–Crippen MR) is 76.5 cm³/mol. The maximum atomic E-state index is 13.1. The molecule has 4 nitrogen and oxygen atoms in total. The first kappa shape index (κ1) is 13.3. The molecule has 0 unspecified atom stereocenters. The molecule has 0 saturated heterocycles. The molecule has 1 aromatic heterocycles.